The molecular weight excluding hydrogens is 188 g/mol. The Morgan fingerprint density at radius 2 is 2.20 bits per heavy atom. The molecule has 0 aliphatic rings. The van der Waals surface area contributed by atoms with E-state index in [4.69, 9.17) is 0 Å². The predicted octanol–water partition coefficient (Wildman–Crippen LogP) is 1.23. The molecule has 0 amide bonds. The molecule has 1 heterocycles. The van der Waals surface area contributed by atoms with Gasteiger partial charge in [0.2, 0.25) is 0 Å². The maximum absolute atomic E-state index is 4.18. The van der Waals surface area contributed by atoms with Gasteiger partial charge in [-0.3, -0.25) is 0 Å². The minimum absolute atomic E-state index is 0.495. The third-order valence-corrected chi connectivity index (χ3v) is 2.60. The molecule has 0 aromatic carbocycles. The van der Waals surface area contributed by atoms with E-state index >= 15 is 0 Å². The molecule has 0 saturated carbocycles. The summed E-state index contributed by atoms with van der Waals surface area (Å²) in [4.78, 5) is 9.68. The fraction of sp³-hybridized carbons (Fsp3) is 0.727. The first-order valence-electron chi connectivity index (χ1n) is 5.70. The first kappa shape index (κ1) is 12.2. The lowest BCUT2D eigenvalue weighted by molar-refractivity contribution is 0.270. The van der Waals surface area contributed by atoms with Gasteiger partial charge in [0.1, 0.15) is 5.82 Å². The van der Waals surface area contributed by atoms with Crippen molar-refractivity contribution in [1.82, 2.24) is 20.2 Å². The number of aromatic nitrogens is 2. The molecule has 0 aliphatic carbocycles. The molecule has 0 spiro atoms. The van der Waals surface area contributed by atoms with Gasteiger partial charge in [0.05, 0.1) is 6.54 Å². The van der Waals surface area contributed by atoms with Crippen molar-refractivity contribution in [3.63, 3.8) is 0 Å². The Morgan fingerprint density at radius 3 is 2.73 bits per heavy atom. The van der Waals surface area contributed by atoms with Gasteiger partial charge < -0.3 is 15.2 Å². The number of imidazole rings is 1. The number of H-pyrrole nitrogens is 1. The highest BCUT2D eigenvalue weighted by atomic mass is 15.1. The molecule has 0 radical (unpaired) electrons. The number of hydrogen-bond acceptors (Lipinski definition) is 3. The topological polar surface area (TPSA) is 44.0 Å². The highest BCUT2D eigenvalue weighted by Gasteiger charge is 2.06. The Hall–Kier alpha value is -0.870. The van der Waals surface area contributed by atoms with Crippen LogP contribution in [0.2, 0.25) is 0 Å². The fourth-order valence-corrected chi connectivity index (χ4v) is 1.60. The minimum atomic E-state index is 0.495. The molecule has 0 aliphatic heterocycles. The van der Waals surface area contributed by atoms with Gasteiger partial charge in [-0.15, -0.1) is 0 Å². The van der Waals surface area contributed by atoms with Crippen molar-refractivity contribution in [2.75, 3.05) is 19.6 Å². The fourth-order valence-electron chi connectivity index (χ4n) is 1.60. The van der Waals surface area contributed by atoms with Crippen LogP contribution in [-0.2, 0) is 6.54 Å². The molecule has 15 heavy (non-hydrogen) atoms. The lowest BCUT2D eigenvalue weighted by Crippen LogP contribution is -2.38. The Morgan fingerprint density at radius 1 is 1.47 bits per heavy atom. The van der Waals surface area contributed by atoms with E-state index < -0.39 is 0 Å². The van der Waals surface area contributed by atoms with Gasteiger partial charge in [0, 0.05) is 25.0 Å². The lowest BCUT2D eigenvalue weighted by Gasteiger charge is -2.23. The van der Waals surface area contributed by atoms with Gasteiger partial charge in [0.25, 0.3) is 0 Å². The number of aromatic amines is 1. The molecule has 1 unspecified atom stereocenters. The van der Waals surface area contributed by atoms with Gasteiger partial charge in [-0.2, -0.15) is 0 Å². The molecule has 86 valence electrons. The molecule has 4 heteroatoms. The Bertz CT molecular complexity index is 241. The van der Waals surface area contributed by atoms with Gasteiger partial charge in [0.15, 0.2) is 0 Å². The second-order valence-corrected chi connectivity index (χ2v) is 3.80. The molecule has 1 rings (SSSR count). The van der Waals surface area contributed by atoms with E-state index in [9.17, 15) is 0 Å². The third-order valence-electron chi connectivity index (χ3n) is 2.60. The van der Waals surface area contributed by atoms with Crippen molar-refractivity contribution >= 4 is 0 Å². The average Bonchev–Trinajstić information content (AvgIpc) is 2.75. The molecule has 0 saturated heterocycles. The summed E-state index contributed by atoms with van der Waals surface area (Å²) in [6.45, 7) is 10.7. The van der Waals surface area contributed by atoms with Crippen LogP contribution in [0.25, 0.3) is 0 Å². The molecule has 4 nitrogen and oxygen atoms in total. The molecular formula is C11H22N4. The Balaban J connectivity index is 2.21. The van der Waals surface area contributed by atoms with Crippen LogP contribution in [0.4, 0.5) is 0 Å². The highest BCUT2D eigenvalue weighted by molar-refractivity contribution is 4.86. The summed E-state index contributed by atoms with van der Waals surface area (Å²) < 4.78 is 0. The summed E-state index contributed by atoms with van der Waals surface area (Å²) in [5, 5.41) is 3.45. The van der Waals surface area contributed by atoms with Gasteiger partial charge in [-0.05, 0) is 20.0 Å². The molecule has 1 aromatic heterocycles. The Labute approximate surface area is 92.1 Å². The van der Waals surface area contributed by atoms with Crippen molar-refractivity contribution in [1.29, 1.82) is 0 Å². The van der Waals surface area contributed by atoms with Gasteiger partial charge in [-0.25, -0.2) is 4.98 Å². The normalized spacial score (nSPS) is 13.3. The minimum Gasteiger partial charge on any atom is -0.348 e. The zero-order valence-corrected chi connectivity index (χ0v) is 9.95. The number of nitrogens with one attached hydrogen (secondary N) is 2. The van der Waals surface area contributed by atoms with E-state index in [1.165, 1.54) is 0 Å². The lowest BCUT2D eigenvalue weighted by atomic mass is 10.3. The monoisotopic (exact) mass is 210 g/mol. The molecule has 0 fully saturated rings. The quantitative estimate of drug-likeness (QED) is 0.711. The second-order valence-electron chi connectivity index (χ2n) is 3.80. The summed E-state index contributed by atoms with van der Waals surface area (Å²) in [5.74, 6) is 1.00. The first-order valence-corrected chi connectivity index (χ1v) is 5.70. The van der Waals surface area contributed by atoms with Crippen LogP contribution in [0.15, 0.2) is 12.4 Å². The number of likely N-dealkylation sites (N-methyl/N-ethyl adjacent to an activating group) is 1. The van der Waals surface area contributed by atoms with Gasteiger partial charge >= 0.3 is 0 Å². The first-order chi connectivity index (χ1) is 7.26. The molecule has 0 bridgehead atoms. The summed E-state index contributed by atoms with van der Waals surface area (Å²) in [6, 6.07) is 0.495. The maximum Gasteiger partial charge on any atom is 0.120 e. The largest absolute Gasteiger partial charge is 0.348 e. The van der Waals surface area contributed by atoms with E-state index in [2.05, 4.69) is 41.0 Å². The standard InChI is InChI=1S/C11H22N4/c1-4-15(5-2)9-10(3)14-8-11-12-6-7-13-11/h6-7,10,14H,4-5,8-9H2,1-3H3,(H,12,13). The summed E-state index contributed by atoms with van der Waals surface area (Å²) in [6.07, 6.45) is 3.64. The van der Waals surface area contributed by atoms with E-state index in [0.717, 1.165) is 32.0 Å². The molecule has 1 aromatic rings. The smallest absolute Gasteiger partial charge is 0.120 e. The summed E-state index contributed by atoms with van der Waals surface area (Å²) in [7, 11) is 0. The number of nitrogens with zero attached hydrogens (tertiary/aromatic N) is 2. The van der Waals surface area contributed by atoms with Crippen LogP contribution in [0.3, 0.4) is 0 Å². The zero-order valence-electron chi connectivity index (χ0n) is 9.95. The van der Waals surface area contributed by atoms with E-state index in [-0.39, 0.29) is 0 Å². The van der Waals surface area contributed by atoms with Crippen molar-refractivity contribution in [2.45, 2.75) is 33.4 Å². The third kappa shape index (κ3) is 4.44. The predicted molar refractivity (Wildman–Crippen MR) is 62.7 cm³/mol. The van der Waals surface area contributed by atoms with Crippen LogP contribution in [0, 0.1) is 0 Å². The van der Waals surface area contributed by atoms with Crippen molar-refractivity contribution in [3.05, 3.63) is 18.2 Å². The summed E-state index contributed by atoms with van der Waals surface area (Å²) >= 11 is 0. The molecule has 2 N–H and O–H groups in total. The summed E-state index contributed by atoms with van der Waals surface area (Å²) in [5.41, 5.74) is 0. The second kappa shape index (κ2) is 6.58. The SMILES string of the molecule is CCN(CC)CC(C)NCc1ncc[nH]1. The van der Waals surface area contributed by atoms with Crippen LogP contribution >= 0.6 is 0 Å². The average molecular weight is 210 g/mol. The van der Waals surface area contributed by atoms with Gasteiger partial charge in [-0.1, -0.05) is 13.8 Å². The van der Waals surface area contributed by atoms with Crippen LogP contribution in [-0.4, -0.2) is 40.5 Å². The zero-order chi connectivity index (χ0) is 11.1. The van der Waals surface area contributed by atoms with Crippen LogP contribution in [0.1, 0.15) is 26.6 Å². The van der Waals surface area contributed by atoms with E-state index in [1.807, 2.05) is 6.20 Å². The van der Waals surface area contributed by atoms with E-state index in [1.54, 1.807) is 6.20 Å². The van der Waals surface area contributed by atoms with Crippen molar-refractivity contribution < 1.29 is 0 Å². The highest BCUT2D eigenvalue weighted by Crippen LogP contribution is 1.94. The van der Waals surface area contributed by atoms with E-state index in [0.29, 0.717) is 6.04 Å². The Kier molecular flexibility index (Phi) is 5.36. The van der Waals surface area contributed by atoms with Crippen LogP contribution in [0.5, 0.6) is 0 Å². The van der Waals surface area contributed by atoms with Crippen molar-refractivity contribution in [2.24, 2.45) is 0 Å². The van der Waals surface area contributed by atoms with Crippen molar-refractivity contribution in [3.8, 4) is 0 Å². The number of hydrogen-bond donors (Lipinski definition) is 2. The van der Waals surface area contributed by atoms with Crippen LogP contribution < -0.4 is 5.32 Å². The molecule has 1 atom stereocenters. The number of rotatable bonds is 7. The maximum atomic E-state index is 4.18.